The number of ether oxygens (including phenoxy) is 1. The summed E-state index contributed by atoms with van der Waals surface area (Å²) < 4.78 is 10.8. The molecule has 7 nitrogen and oxygen atoms in total. The van der Waals surface area contributed by atoms with Crippen molar-refractivity contribution in [2.75, 3.05) is 27.2 Å². The summed E-state index contributed by atoms with van der Waals surface area (Å²) in [6.07, 6.45) is 4.11. The molecule has 146 valence electrons. The zero-order chi connectivity index (χ0) is 18.4. The Kier molecular flexibility index (Phi) is 7.96. The van der Waals surface area contributed by atoms with E-state index in [0.717, 1.165) is 23.3 Å². The molecule has 0 bridgehead atoms. The summed E-state index contributed by atoms with van der Waals surface area (Å²) in [6, 6.07) is 9.91. The molecule has 27 heavy (non-hydrogen) atoms. The van der Waals surface area contributed by atoms with E-state index in [0.29, 0.717) is 19.1 Å². The number of likely N-dealkylation sites (N-methyl/N-ethyl adjacent to an activating group) is 1. The standard InChI is InChI=1S/C19H24N4O3.HI/c1-23(2)18(24)12-21-19(20-11-14-7-9-25-13-14)22-16-8-10-26-17-6-4-3-5-15(16)17;/h3-7,9,13,16H,8,10-12H2,1-2H3,(H2,20,21,22);1H. The van der Waals surface area contributed by atoms with E-state index in [9.17, 15) is 4.79 Å². The third kappa shape index (κ3) is 5.88. The summed E-state index contributed by atoms with van der Waals surface area (Å²) in [6.45, 7) is 1.28. The number of carbonyl (C=O) groups is 1. The summed E-state index contributed by atoms with van der Waals surface area (Å²) >= 11 is 0. The fraction of sp³-hybridized carbons (Fsp3) is 0.368. The third-order valence-corrected chi connectivity index (χ3v) is 4.18. The maximum Gasteiger partial charge on any atom is 0.241 e. The molecule has 0 fully saturated rings. The van der Waals surface area contributed by atoms with Crippen molar-refractivity contribution in [3.8, 4) is 5.75 Å². The van der Waals surface area contributed by atoms with Crippen LogP contribution >= 0.6 is 24.0 Å². The maximum atomic E-state index is 11.9. The van der Waals surface area contributed by atoms with E-state index in [1.54, 1.807) is 31.5 Å². The summed E-state index contributed by atoms with van der Waals surface area (Å²) in [5.41, 5.74) is 2.06. The third-order valence-electron chi connectivity index (χ3n) is 4.18. The van der Waals surface area contributed by atoms with Crippen LogP contribution in [0.15, 0.2) is 52.3 Å². The number of fused-ring (bicyclic) bond motifs is 1. The SMILES string of the molecule is CN(C)C(=O)CNC(=NCc1ccoc1)NC1CCOc2ccccc21.I. The van der Waals surface area contributed by atoms with Gasteiger partial charge in [-0.25, -0.2) is 4.99 Å². The molecule has 1 aliphatic heterocycles. The second kappa shape index (κ2) is 10.2. The van der Waals surface area contributed by atoms with Crippen LogP contribution in [0.1, 0.15) is 23.6 Å². The maximum absolute atomic E-state index is 11.9. The van der Waals surface area contributed by atoms with E-state index in [1.165, 1.54) is 0 Å². The lowest BCUT2D eigenvalue weighted by atomic mass is 10.0. The first kappa shape index (κ1) is 21.1. The summed E-state index contributed by atoms with van der Waals surface area (Å²) in [4.78, 5) is 18.0. The number of rotatable bonds is 5. The van der Waals surface area contributed by atoms with Gasteiger partial charge in [0.05, 0.1) is 38.3 Å². The molecule has 1 amide bonds. The molecule has 1 aromatic heterocycles. The zero-order valence-corrected chi connectivity index (χ0v) is 17.8. The summed E-state index contributed by atoms with van der Waals surface area (Å²) in [5, 5.41) is 6.54. The second-order valence-corrected chi connectivity index (χ2v) is 6.31. The molecule has 3 rings (SSSR count). The largest absolute Gasteiger partial charge is 0.493 e. The zero-order valence-electron chi connectivity index (χ0n) is 15.5. The molecule has 1 unspecified atom stereocenters. The van der Waals surface area contributed by atoms with Crippen LogP contribution in [0.5, 0.6) is 5.75 Å². The molecule has 2 N–H and O–H groups in total. The second-order valence-electron chi connectivity index (χ2n) is 6.31. The molecule has 8 heteroatoms. The molecule has 2 aromatic rings. The van der Waals surface area contributed by atoms with Crippen LogP contribution in [0.3, 0.4) is 0 Å². The number of aliphatic imine (C=N–C) groups is 1. The van der Waals surface area contributed by atoms with Gasteiger partial charge in [-0.05, 0) is 12.1 Å². The van der Waals surface area contributed by atoms with Gasteiger partial charge in [-0.3, -0.25) is 4.79 Å². The van der Waals surface area contributed by atoms with E-state index in [1.807, 2.05) is 30.3 Å². The number of amides is 1. The Morgan fingerprint density at radius 2 is 2.11 bits per heavy atom. The lowest BCUT2D eigenvalue weighted by molar-refractivity contribution is -0.127. The van der Waals surface area contributed by atoms with E-state index < -0.39 is 0 Å². The highest BCUT2D eigenvalue weighted by atomic mass is 127. The Hall–Kier alpha value is -2.23. The summed E-state index contributed by atoms with van der Waals surface area (Å²) in [7, 11) is 3.46. The van der Waals surface area contributed by atoms with E-state index in [-0.39, 0.29) is 42.5 Å². The molecule has 0 spiro atoms. The van der Waals surface area contributed by atoms with Gasteiger partial charge in [-0.15, -0.1) is 24.0 Å². The molecule has 0 aliphatic carbocycles. The fourth-order valence-corrected chi connectivity index (χ4v) is 2.68. The van der Waals surface area contributed by atoms with Crippen LogP contribution in [-0.4, -0.2) is 44.0 Å². The van der Waals surface area contributed by atoms with Crippen molar-refractivity contribution in [2.45, 2.75) is 19.0 Å². The van der Waals surface area contributed by atoms with E-state index in [4.69, 9.17) is 9.15 Å². The number of hydrogen-bond acceptors (Lipinski definition) is 4. The van der Waals surface area contributed by atoms with Gasteiger partial charge in [-0.2, -0.15) is 0 Å². The number of furan rings is 1. The van der Waals surface area contributed by atoms with Crippen LogP contribution in [0, 0.1) is 0 Å². The van der Waals surface area contributed by atoms with Gasteiger partial charge in [-0.1, -0.05) is 18.2 Å². The van der Waals surface area contributed by atoms with Crippen molar-refractivity contribution in [2.24, 2.45) is 4.99 Å². The molecule has 1 atom stereocenters. The van der Waals surface area contributed by atoms with Crippen molar-refractivity contribution in [3.05, 3.63) is 54.0 Å². The molecule has 2 heterocycles. The highest BCUT2D eigenvalue weighted by molar-refractivity contribution is 14.0. The lowest BCUT2D eigenvalue weighted by Gasteiger charge is -2.28. The highest BCUT2D eigenvalue weighted by Gasteiger charge is 2.22. The molecule has 0 saturated heterocycles. The topological polar surface area (TPSA) is 79.1 Å². The Labute approximate surface area is 176 Å². The number of nitrogens with zero attached hydrogens (tertiary/aromatic N) is 2. The average Bonchev–Trinajstić information content (AvgIpc) is 3.17. The molecule has 0 radical (unpaired) electrons. The average molecular weight is 484 g/mol. The first-order valence-corrected chi connectivity index (χ1v) is 8.61. The van der Waals surface area contributed by atoms with Gasteiger partial charge >= 0.3 is 0 Å². The first-order chi connectivity index (χ1) is 12.6. The minimum atomic E-state index is -0.0183. The van der Waals surface area contributed by atoms with Crippen molar-refractivity contribution in [3.63, 3.8) is 0 Å². The van der Waals surface area contributed by atoms with Crippen LogP contribution in [0.2, 0.25) is 0 Å². The minimum Gasteiger partial charge on any atom is -0.493 e. The number of carbonyl (C=O) groups excluding carboxylic acids is 1. The Morgan fingerprint density at radius 3 is 2.85 bits per heavy atom. The summed E-state index contributed by atoms with van der Waals surface area (Å²) in [5.74, 6) is 1.45. The molecule has 1 aromatic carbocycles. The minimum absolute atomic E-state index is 0. The highest BCUT2D eigenvalue weighted by Crippen LogP contribution is 2.31. The number of hydrogen-bond donors (Lipinski definition) is 2. The van der Waals surface area contributed by atoms with Gasteiger partial charge < -0.3 is 24.7 Å². The molecule has 0 saturated carbocycles. The Morgan fingerprint density at radius 1 is 1.30 bits per heavy atom. The van der Waals surface area contributed by atoms with Gasteiger partial charge in [0.1, 0.15) is 5.75 Å². The van der Waals surface area contributed by atoms with E-state index >= 15 is 0 Å². The first-order valence-electron chi connectivity index (χ1n) is 8.61. The van der Waals surface area contributed by atoms with Crippen molar-refractivity contribution >= 4 is 35.8 Å². The van der Waals surface area contributed by atoms with Gasteiger partial charge in [0.15, 0.2) is 5.96 Å². The smallest absolute Gasteiger partial charge is 0.241 e. The molecular weight excluding hydrogens is 459 g/mol. The van der Waals surface area contributed by atoms with E-state index in [2.05, 4.69) is 15.6 Å². The van der Waals surface area contributed by atoms with Crippen LogP contribution in [-0.2, 0) is 11.3 Å². The number of nitrogens with one attached hydrogen (secondary N) is 2. The van der Waals surface area contributed by atoms with Gasteiger partial charge in [0, 0.05) is 31.6 Å². The van der Waals surface area contributed by atoms with Crippen LogP contribution in [0.4, 0.5) is 0 Å². The fourth-order valence-electron chi connectivity index (χ4n) is 2.68. The van der Waals surface area contributed by atoms with Crippen molar-refractivity contribution in [1.29, 1.82) is 0 Å². The predicted molar refractivity (Wildman–Crippen MR) is 114 cm³/mol. The van der Waals surface area contributed by atoms with Gasteiger partial charge in [0.2, 0.25) is 5.91 Å². The number of benzene rings is 1. The molecular formula is C19H25IN4O3. The lowest BCUT2D eigenvalue weighted by Crippen LogP contribution is -2.45. The number of guanidine groups is 1. The number of para-hydroxylation sites is 1. The Balaban J connectivity index is 0.00000261. The number of halogens is 1. The predicted octanol–water partition coefficient (Wildman–Crippen LogP) is 2.54. The van der Waals surface area contributed by atoms with Crippen LogP contribution in [0.25, 0.3) is 0 Å². The quantitative estimate of drug-likeness (QED) is 0.388. The van der Waals surface area contributed by atoms with Crippen molar-refractivity contribution in [1.82, 2.24) is 15.5 Å². The molecule has 1 aliphatic rings. The van der Waals surface area contributed by atoms with Gasteiger partial charge in [0.25, 0.3) is 0 Å². The Bertz CT molecular complexity index is 762. The normalized spacial score (nSPS) is 15.8. The van der Waals surface area contributed by atoms with Crippen molar-refractivity contribution < 1.29 is 13.9 Å². The van der Waals surface area contributed by atoms with Crippen LogP contribution < -0.4 is 15.4 Å². The monoisotopic (exact) mass is 484 g/mol.